The first-order valence-electron chi connectivity index (χ1n) is 10.6. The van der Waals surface area contributed by atoms with Crippen molar-refractivity contribution in [2.45, 2.75) is 43.6 Å². The molecule has 0 radical (unpaired) electrons. The van der Waals surface area contributed by atoms with Crippen molar-refractivity contribution < 1.29 is 14.3 Å². The molecule has 2 aliphatic heterocycles. The SMILES string of the molecule is O=C(CN1CCN(C(=O)[C@@H]2CCCO2)CC1)NCC1(c2ccccc2)CCC1. The number of nitrogens with one attached hydrogen (secondary N) is 1. The molecule has 1 atom stereocenters. The zero-order valence-electron chi connectivity index (χ0n) is 16.6. The summed E-state index contributed by atoms with van der Waals surface area (Å²) in [5.41, 5.74) is 1.45. The van der Waals surface area contributed by atoms with Crippen molar-refractivity contribution in [1.29, 1.82) is 0 Å². The van der Waals surface area contributed by atoms with Crippen molar-refractivity contribution in [3.63, 3.8) is 0 Å². The summed E-state index contributed by atoms with van der Waals surface area (Å²) in [5.74, 6) is 0.206. The Hall–Kier alpha value is -1.92. The van der Waals surface area contributed by atoms with Crippen molar-refractivity contribution in [2.24, 2.45) is 0 Å². The maximum Gasteiger partial charge on any atom is 0.251 e. The maximum absolute atomic E-state index is 12.5. The van der Waals surface area contributed by atoms with Gasteiger partial charge in [-0.15, -0.1) is 0 Å². The lowest BCUT2D eigenvalue weighted by Crippen LogP contribution is -2.54. The van der Waals surface area contributed by atoms with Crippen LogP contribution in [0.25, 0.3) is 0 Å². The number of benzene rings is 1. The van der Waals surface area contributed by atoms with E-state index in [1.807, 2.05) is 11.0 Å². The van der Waals surface area contributed by atoms with Gasteiger partial charge in [0.25, 0.3) is 5.91 Å². The Labute approximate surface area is 167 Å². The number of amides is 2. The van der Waals surface area contributed by atoms with E-state index in [2.05, 4.69) is 34.5 Å². The van der Waals surface area contributed by atoms with Crippen LogP contribution in [-0.2, 0) is 19.7 Å². The average Bonchev–Trinajstić information content (AvgIpc) is 3.23. The first-order chi connectivity index (χ1) is 13.7. The van der Waals surface area contributed by atoms with Crippen molar-refractivity contribution >= 4 is 11.8 Å². The van der Waals surface area contributed by atoms with E-state index >= 15 is 0 Å². The molecular formula is C22H31N3O3. The van der Waals surface area contributed by atoms with E-state index in [9.17, 15) is 9.59 Å². The molecule has 1 aromatic carbocycles. The minimum Gasteiger partial charge on any atom is -0.368 e. The van der Waals surface area contributed by atoms with E-state index in [4.69, 9.17) is 4.74 Å². The molecular weight excluding hydrogens is 354 g/mol. The molecule has 6 heteroatoms. The Balaban J connectivity index is 1.21. The number of ether oxygens (including phenoxy) is 1. The van der Waals surface area contributed by atoms with Gasteiger partial charge in [-0.25, -0.2) is 0 Å². The quantitative estimate of drug-likeness (QED) is 0.807. The standard InChI is InChI=1S/C22H31N3O3/c26-20(23-17-22(9-5-10-22)18-6-2-1-3-7-18)16-24-11-13-25(14-12-24)21(27)19-8-4-15-28-19/h1-3,6-7,19H,4-5,8-17H2,(H,23,26)/t19-/m0/s1. The summed E-state index contributed by atoms with van der Waals surface area (Å²) < 4.78 is 5.51. The fraction of sp³-hybridized carbons (Fsp3) is 0.636. The van der Waals surface area contributed by atoms with Crippen molar-refractivity contribution in [2.75, 3.05) is 45.9 Å². The van der Waals surface area contributed by atoms with Crippen molar-refractivity contribution in [1.82, 2.24) is 15.1 Å². The normalized spacial score (nSPS) is 24.6. The monoisotopic (exact) mass is 385 g/mol. The third-order valence-electron chi connectivity index (χ3n) is 6.58. The summed E-state index contributed by atoms with van der Waals surface area (Å²) in [6, 6.07) is 10.5. The minimum absolute atomic E-state index is 0.0844. The van der Waals surface area contributed by atoms with Gasteiger partial charge in [-0.2, -0.15) is 0 Å². The molecule has 3 fully saturated rings. The molecule has 1 aliphatic carbocycles. The zero-order valence-corrected chi connectivity index (χ0v) is 16.6. The lowest BCUT2D eigenvalue weighted by molar-refractivity contribution is -0.142. The van der Waals surface area contributed by atoms with Crippen LogP contribution in [-0.4, -0.2) is 73.6 Å². The molecule has 4 rings (SSSR count). The van der Waals surface area contributed by atoms with Crippen LogP contribution >= 0.6 is 0 Å². The second-order valence-corrected chi connectivity index (χ2v) is 8.38. The molecule has 152 valence electrons. The molecule has 1 N–H and O–H groups in total. The topological polar surface area (TPSA) is 61.9 Å². The highest BCUT2D eigenvalue weighted by Crippen LogP contribution is 2.43. The van der Waals surface area contributed by atoms with Crippen LogP contribution in [0, 0.1) is 0 Å². The highest BCUT2D eigenvalue weighted by Gasteiger charge is 2.38. The van der Waals surface area contributed by atoms with Crippen LogP contribution in [0.5, 0.6) is 0 Å². The van der Waals surface area contributed by atoms with Gasteiger partial charge in [0.2, 0.25) is 5.91 Å². The molecule has 0 aromatic heterocycles. The van der Waals surface area contributed by atoms with Gasteiger partial charge in [0.05, 0.1) is 6.54 Å². The Morgan fingerprint density at radius 2 is 1.82 bits per heavy atom. The predicted molar refractivity (Wildman–Crippen MR) is 107 cm³/mol. The molecule has 1 saturated carbocycles. The Bertz CT molecular complexity index is 676. The summed E-state index contributed by atoms with van der Waals surface area (Å²) in [7, 11) is 0. The summed E-state index contributed by atoms with van der Waals surface area (Å²) in [5, 5.41) is 3.17. The van der Waals surface area contributed by atoms with Gasteiger partial charge in [-0.3, -0.25) is 14.5 Å². The fourth-order valence-electron chi connectivity index (χ4n) is 4.59. The molecule has 6 nitrogen and oxygen atoms in total. The number of hydrogen-bond donors (Lipinski definition) is 1. The van der Waals surface area contributed by atoms with Gasteiger partial charge in [-0.1, -0.05) is 36.8 Å². The van der Waals surface area contributed by atoms with Crippen LogP contribution in [0.4, 0.5) is 0 Å². The molecule has 1 aromatic rings. The smallest absolute Gasteiger partial charge is 0.251 e. The Kier molecular flexibility index (Phi) is 5.97. The van der Waals surface area contributed by atoms with Crippen LogP contribution in [0.2, 0.25) is 0 Å². The second-order valence-electron chi connectivity index (χ2n) is 8.38. The maximum atomic E-state index is 12.5. The van der Waals surface area contributed by atoms with Gasteiger partial charge >= 0.3 is 0 Å². The number of hydrogen-bond acceptors (Lipinski definition) is 4. The summed E-state index contributed by atoms with van der Waals surface area (Å²) in [6.45, 7) is 4.67. The third-order valence-corrected chi connectivity index (χ3v) is 6.58. The van der Waals surface area contributed by atoms with Crippen LogP contribution in [0.1, 0.15) is 37.7 Å². The van der Waals surface area contributed by atoms with E-state index in [1.165, 1.54) is 12.0 Å². The summed E-state index contributed by atoms with van der Waals surface area (Å²) >= 11 is 0. The summed E-state index contributed by atoms with van der Waals surface area (Å²) in [6.07, 6.45) is 5.08. The van der Waals surface area contributed by atoms with Gasteiger partial charge in [0, 0.05) is 44.7 Å². The molecule has 28 heavy (non-hydrogen) atoms. The zero-order chi connectivity index (χ0) is 19.4. The fourth-order valence-corrected chi connectivity index (χ4v) is 4.59. The number of rotatable bonds is 6. The van der Waals surface area contributed by atoms with Crippen LogP contribution < -0.4 is 5.32 Å². The van der Waals surface area contributed by atoms with Gasteiger partial charge < -0.3 is 15.0 Å². The van der Waals surface area contributed by atoms with Crippen LogP contribution in [0.15, 0.2) is 30.3 Å². The minimum atomic E-state index is -0.244. The van der Waals surface area contributed by atoms with Crippen LogP contribution in [0.3, 0.4) is 0 Å². The molecule has 0 bridgehead atoms. The van der Waals surface area contributed by atoms with Gasteiger partial charge in [0.1, 0.15) is 6.10 Å². The second kappa shape index (κ2) is 8.62. The third kappa shape index (κ3) is 4.23. The Morgan fingerprint density at radius 1 is 1.07 bits per heavy atom. The number of carbonyl (C=O) groups excluding carboxylic acids is 2. The van der Waals surface area contributed by atoms with E-state index in [-0.39, 0.29) is 23.3 Å². The van der Waals surface area contributed by atoms with Crippen molar-refractivity contribution in [3.05, 3.63) is 35.9 Å². The van der Waals surface area contributed by atoms with E-state index in [0.29, 0.717) is 32.8 Å². The molecule has 0 spiro atoms. The first-order valence-corrected chi connectivity index (χ1v) is 10.6. The van der Waals surface area contributed by atoms with E-state index in [0.717, 1.165) is 38.8 Å². The Morgan fingerprint density at radius 3 is 2.43 bits per heavy atom. The predicted octanol–water partition coefficient (Wildman–Crippen LogP) is 1.55. The number of nitrogens with zero attached hydrogens (tertiary/aromatic N) is 2. The molecule has 2 saturated heterocycles. The van der Waals surface area contributed by atoms with Gasteiger partial charge in [-0.05, 0) is 31.2 Å². The molecule has 2 heterocycles. The van der Waals surface area contributed by atoms with E-state index in [1.54, 1.807) is 0 Å². The largest absolute Gasteiger partial charge is 0.368 e. The number of piperazine rings is 1. The lowest BCUT2D eigenvalue weighted by atomic mass is 9.64. The highest BCUT2D eigenvalue weighted by atomic mass is 16.5. The summed E-state index contributed by atoms with van der Waals surface area (Å²) in [4.78, 5) is 29.0. The number of carbonyl (C=O) groups is 2. The molecule has 2 amide bonds. The van der Waals surface area contributed by atoms with E-state index < -0.39 is 0 Å². The van der Waals surface area contributed by atoms with Crippen molar-refractivity contribution in [3.8, 4) is 0 Å². The van der Waals surface area contributed by atoms with Gasteiger partial charge in [0.15, 0.2) is 0 Å². The average molecular weight is 386 g/mol. The molecule has 3 aliphatic rings. The molecule has 0 unspecified atom stereocenters. The highest BCUT2D eigenvalue weighted by molar-refractivity contribution is 5.81. The lowest BCUT2D eigenvalue weighted by Gasteiger charge is -2.43. The first kappa shape index (κ1) is 19.4.